The van der Waals surface area contributed by atoms with E-state index in [1.54, 1.807) is 0 Å². The van der Waals surface area contributed by atoms with E-state index in [-0.39, 0.29) is 4.75 Å². The van der Waals surface area contributed by atoms with Gasteiger partial charge in [0.05, 0.1) is 11.2 Å². The summed E-state index contributed by atoms with van der Waals surface area (Å²) >= 11 is 1.93. The molecule has 0 fully saturated rings. The van der Waals surface area contributed by atoms with Crippen LogP contribution in [-0.4, -0.2) is 4.98 Å². The summed E-state index contributed by atoms with van der Waals surface area (Å²) in [5, 5.41) is 1.22. The molecule has 0 N–H and O–H groups in total. The van der Waals surface area contributed by atoms with Crippen molar-refractivity contribution in [3.05, 3.63) is 60.2 Å². The number of para-hydroxylation sites is 1. The van der Waals surface area contributed by atoms with Crippen molar-refractivity contribution in [2.75, 3.05) is 0 Å². The molecule has 0 spiro atoms. The Balaban J connectivity index is 2.11. The number of fused-ring (bicyclic) bond motifs is 4. The zero-order valence-electron chi connectivity index (χ0n) is 11.6. The summed E-state index contributed by atoms with van der Waals surface area (Å²) in [5.74, 6) is 0. The molecular weight excluding hydrogens is 262 g/mol. The predicted molar refractivity (Wildman–Crippen MR) is 86.1 cm³/mol. The molecule has 0 amide bonds. The molecule has 0 unspecified atom stereocenters. The lowest BCUT2D eigenvalue weighted by molar-refractivity contribution is 0.775. The van der Waals surface area contributed by atoms with Crippen LogP contribution < -0.4 is 0 Å². The van der Waals surface area contributed by atoms with Crippen LogP contribution in [0, 0.1) is 0 Å². The largest absolute Gasteiger partial charge is 0.247 e. The molecule has 1 aliphatic rings. The zero-order valence-corrected chi connectivity index (χ0v) is 12.4. The average molecular weight is 277 g/mol. The van der Waals surface area contributed by atoms with Crippen LogP contribution in [0.2, 0.25) is 0 Å². The van der Waals surface area contributed by atoms with Crippen molar-refractivity contribution in [3.8, 4) is 11.3 Å². The van der Waals surface area contributed by atoms with Crippen LogP contribution in [0.3, 0.4) is 0 Å². The Morgan fingerprint density at radius 3 is 2.60 bits per heavy atom. The molecule has 2 heterocycles. The van der Waals surface area contributed by atoms with Crippen molar-refractivity contribution in [3.63, 3.8) is 0 Å². The van der Waals surface area contributed by atoms with E-state index in [0.29, 0.717) is 0 Å². The van der Waals surface area contributed by atoms with Gasteiger partial charge in [0.15, 0.2) is 0 Å². The zero-order chi connectivity index (χ0) is 13.7. The van der Waals surface area contributed by atoms with Gasteiger partial charge in [0, 0.05) is 20.6 Å². The molecule has 98 valence electrons. The SMILES string of the molecule is CC1(C)Sc2ccccc2-c2nc3ccccc3cc21. The summed E-state index contributed by atoms with van der Waals surface area (Å²) in [5.41, 5.74) is 4.81. The Labute approximate surface area is 123 Å². The first-order chi connectivity index (χ1) is 9.65. The Morgan fingerprint density at radius 2 is 1.70 bits per heavy atom. The van der Waals surface area contributed by atoms with Gasteiger partial charge in [0.25, 0.3) is 0 Å². The van der Waals surface area contributed by atoms with Crippen LogP contribution in [0.15, 0.2) is 59.5 Å². The van der Waals surface area contributed by atoms with Crippen molar-refractivity contribution in [2.24, 2.45) is 0 Å². The molecule has 2 heteroatoms. The Morgan fingerprint density at radius 1 is 0.950 bits per heavy atom. The van der Waals surface area contributed by atoms with Crippen molar-refractivity contribution in [1.82, 2.24) is 4.98 Å². The topological polar surface area (TPSA) is 12.9 Å². The molecule has 0 radical (unpaired) electrons. The van der Waals surface area contributed by atoms with E-state index in [9.17, 15) is 0 Å². The highest BCUT2D eigenvalue weighted by molar-refractivity contribution is 8.00. The van der Waals surface area contributed by atoms with Gasteiger partial charge in [0.2, 0.25) is 0 Å². The molecule has 0 atom stereocenters. The van der Waals surface area contributed by atoms with E-state index in [1.165, 1.54) is 21.4 Å². The minimum absolute atomic E-state index is 0.0563. The maximum Gasteiger partial charge on any atom is 0.0766 e. The summed E-state index contributed by atoms with van der Waals surface area (Å²) in [4.78, 5) is 6.27. The van der Waals surface area contributed by atoms with Crippen LogP contribution in [0.1, 0.15) is 19.4 Å². The van der Waals surface area contributed by atoms with Crippen LogP contribution >= 0.6 is 11.8 Å². The molecular formula is C18H15NS. The molecule has 0 aliphatic carbocycles. The van der Waals surface area contributed by atoms with Gasteiger partial charge in [-0.2, -0.15) is 0 Å². The molecule has 0 bridgehead atoms. The average Bonchev–Trinajstić information content (AvgIpc) is 2.45. The second-order valence-corrected chi connectivity index (χ2v) is 7.35. The number of benzene rings is 2. The Bertz CT molecular complexity index is 821. The molecule has 0 saturated carbocycles. The highest BCUT2D eigenvalue weighted by atomic mass is 32.2. The van der Waals surface area contributed by atoms with E-state index in [1.807, 2.05) is 11.8 Å². The minimum atomic E-state index is 0.0563. The van der Waals surface area contributed by atoms with Crippen molar-refractivity contribution in [2.45, 2.75) is 23.5 Å². The van der Waals surface area contributed by atoms with E-state index in [0.717, 1.165) is 11.2 Å². The first-order valence-corrected chi connectivity index (χ1v) is 7.65. The second kappa shape index (κ2) is 4.10. The fourth-order valence-corrected chi connectivity index (χ4v) is 4.10. The molecule has 4 rings (SSSR count). The van der Waals surface area contributed by atoms with Crippen LogP contribution in [0.4, 0.5) is 0 Å². The lowest BCUT2D eigenvalue weighted by Crippen LogP contribution is -2.18. The fraction of sp³-hybridized carbons (Fsp3) is 0.167. The maximum atomic E-state index is 4.94. The van der Waals surface area contributed by atoms with Gasteiger partial charge >= 0.3 is 0 Å². The second-order valence-electron chi connectivity index (χ2n) is 5.69. The summed E-state index contributed by atoms with van der Waals surface area (Å²) in [6.07, 6.45) is 0. The highest BCUT2D eigenvalue weighted by Crippen LogP contribution is 2.52. The number of rotatable bonds is 0. The third-order valence-electron chi connectivity index (χ3n) is 3.88. The molecule has 2 aromatic carbocycles. The van der Waals surface area contributed by atoms with Crippen LogP contribution in [0.5, 0.6) is 0 Å². The van der Waals surface area contributed by atoms with Gasteiger partial charge in [-0.15, -0.1) is 11.8 Å². The molecule has 20 heavy (non-hydrogen) atoms. The quantitative estimate of drug-likeness (QED) is 0.557. The maximum absolute atomic E-state index is 4.94. The molecule has 1 nitrogen and oxygen atoms in total. The molecule has 3 aromatic rings. The monoisotopic (exact) mass is 277 g/mol. The van der Waals surface area contributed by atoms with E-state index < -0.39 is 0 Å². The van der Waals surface area contributed by atoms with E-state index in [2.05, 4.69) is 68.4 Å². The third-order valence-corrected chi connectivity index (χ3v) is 5.19. The molecule has 1 aromatic heterocycles. The lowest BCUT2D eigenvalue weighted by Gasteiger charge is -2.32. The standard InChI is InChI=1S/C18H15NS/c1-18(2)14-11-12-7-3-5-9-15(12)19-17(14)13-8-4-6-10-16(13)20-18/h3-11H,1-2H3. The van der Waals surface area contributed by atoms with Crippen molar-refractivity contribution >= 4 is 22.7 Å². The number of aromatic nitrogens is 1. The van der Waals surface area contributed by atoms with Crippen LogP contribution in [-0.2, 0) is 4.75 Å². The smallest absolute Gasteiger partial charge is 0.0766 e. The summed E-state index contributed by atoms with van der Waals surface area (Å²) in [7, 11) is 0. The van der Waals surface area contributed by atoms with Crippen molar-refractivity contribution in [1.29, 1.82) is 0 Å². The molecule has 1 aliphatic heterocycles. The van der Waals surface area contributed by atoms with Crippen molar-refractivity contribution < 1.29 is 0 Å². The number of nitrogens with zero attached hydrogens (tertiary/aromatic N) is 1. The van der Waals surface area contributed by atoms with Gasteiger partial charge in [0.1, 0.15) is 0 Å². The normalized spacial score (nSPS) is 15.7. The first-order valence-electron chi connectivity index (χ1n) is 6.84. The fourth-order valence-electron chi connectivity index (χ4n) is 2.86. The van der Waals surface area contributed by atoms with Crippen LogP contribution in [0.25, 0.3) is 22.2 Å². The Kier molecular flexibility index (Phi) is 2.45. The van der Waals surface area contributed by atoms with Gasteiger partial charge in [-0.05, 0) is 37.6 Å². The lowest BCUT2D eigenvalue weighted by atomic mass is 9.94. The van der Waals surface area contributed by atoms with E-state index >= 15 is 0 Å². The molecule has 0 saturated heterocycles. The van der Waals surface area contributed by atoms with Gasteiger partial charge < -0.3 is 0 Å². The summed E-state index contributed by atoms with van der Waals surface area (Å²) in [6.45, 7) is 4.56. The highest BCUT2D eigenvalue weighted by Gasteiger charge is 2.32. The summed E-state index contributed by atoms with van der Waals surface area (Å²) in [6, 6.07) is 19.2. The number of thioether (sulfide) groups is 1. The van der Waals surface area contributed by atoms with Gasteiger partial charge in [-0.25, -0.2) is 4.98 Å². The Hall–Kier alpha value is -1.80. The summed E-state index contributed by atoms with van der Waals surface area (Å²) < 4.78 is 0.0563. The van der Waals surface area contributed by atoms with Gasteiger partial charge in [-0.3, -0.25) is 0 Å². The number of pyridine rings is 1. The number of hydrogen-bond donors (Lipinski definition) is 0. The third kappa shape index (κ3) is 1.68. The predicted octanol–water partition coefficient (Wildman–Crippen LogP) is 5.24. The van der Waals surface area contributed by atoms with E-state index in [4.69, 9.17) is 4.98 Å². The number of hydrogen-bond acceptors (Lipinski definition) is 2. The minimum Gasteiger partial charge on any atom is -0.247 e. The van der Waals surface area contributed by atoms with Gasteiger partial charge in [-0.1, -0.05) is 36.4 Å². The first kappa shape index (κ1) is 12.0.